The molecule has 0 bridgehead atoms. The molecule has 9 heavy (non-hydrogen) atoms. The van der Waals surface area contributed by atoms with E-state index in [9.17, 15) is 4.79 Å². The summed E-state index contributed by atoms with van der Waals surface area (Å²) in [6.07, 6.45) is 1.89. The van der Waals surface area contributed by atoms with E-state index in [0.717, 1.165) is 0 Å². The zero-order valence-electron chi connectivity index (χ0n) is 5.22. The molecule has 0 aromatic rings. The molecule has 1 amide bonds. The number of aliphatic hydroxyl groups is 2. The average Bonchev–Trinajstić information content (AvgIpc) is 1.64. The van der Waals surface area contributed by atoms with Crippen LogP contribution in [0, 0.1) is 0 Å². The van der Waals surface area contributed by atoms with Crippen LogP contribution in [0.25, 0.3) is 0 Å². The van der Waals surface area contributed by atoms with Gasteiger partial charge in [-0.25, -0.2) is 0 Å². The van der Waals surface area contributed by atoms with Gasteiger partial charge in [0.05, 0.1) is 0 Å². The third-order valence-corrected chi connectivity index (χ3v) is 0.850. The topological polar surface area (TPSA) is 69.6 Å². The van der Waals surface area contributed by atoms with Crippen molar-refractivity contribution in [3.8, 4) is 0 Å². The lowest BCUT2D eigenvalue weighted by atomic mass is 10.3. The molecule has 3 N–H and O–H groups in total. The second-order valence-corrected chi connectivity index (χ2v) is 1.79. The number of amides is 1. The van der Waals surface area contributed by atoms with E-state index in [2.05, 4.69) is 0 Å². The van der Waals surface area contributed by atoms with Crippen molar-refractivity contribution in [1.29, 1.82) is 0 Å². The predicted octanol–water partition coefficient (Wildman–Crippen LogP) is -0.918. The fraction of sp³-hybridized carbons (Fsp3) is 0.800. The Bertz CT molecular complexity index is 92.2. The Morgan fingerprint density at radius 3 is 2.56 bits per heavy atom. The molecule has 0 unspecified atom stereocenters. The van der Waals surface area contributed by atoms with E-state index >= 15 is 0 Å². The van der Waals surface area contributed by atoms with Crippen molar-refractivity contribution < 1.29 is 15.0 Å². The largest absolute Gasteiger partial charge is 0.349 e. The molecule has 0 fully saturated rings. The van der Waals surface area contributed by atoms with Gasteiger partial charge in [0.25, 0.3) is 0 Å². The fourth-order valence-electron chi connectivity index (χ4n) is 0.493. The van der Waals surface area contributed by atoms with Gasteiger partial charge in [0.2, 0.25) is 5.91 Å². The highest BCUT2D eigenvalue weighted by Gasteiger charge is 2.19. The SMILES string of the molecule is CCCC(O)(O)N[C]=O. The molecule has 0 aromatic carbocycles. The molecular formula is C5H10NO3. The Hall–Kier alpha value is -0.610. The molecule has 0 saturated heterocycles. The van der Waals surface area contributed by atoms with Gasteiger partial charge in [-0.3, -0.25) is 10.1 Å². The molecule has 0 heterocycles. The maximum atomic E-state index is 9.54. The molecule has 0 aliphatic rings. The smallest absolute Gasteiger partial charge is 0.313 e. The second kappa shape index (κ2) is 3.42. The van der Waals surface area contributed by atoms with E-state index in [4.69, 9.17) is 10.2 Å². The quantitative estimate of drug-likeness (QED) is 0.342. The van der Waals surface area contributed by atoms with Crippen LogP contribution in [0.15, 0.2) is 0 Å². The molecule has 1 radical (unpaired) electrons. The molecule has 0 aliphatic carbocycles. The first-order valence-electron chi connectivity index (χ1n) is 2.71. The number of hydrogen-bond acceptors (Lipinski definition) is 3. The van der Waals surface area contributed by atoms with E-state index < -0.39 is 5.91 Å². The van der Waals surface area contributed by atoms with Crippen molar-refractivity contribution >= 4 is 6.41 Å². The Labute approximate surface area is 53.5 Å². The monoisotopic (exact) mass is 132 g/mol. The summed E-state index contributed by atoms with van der Waals surface area (Å²) >= 11 is 0. The molecule has 0 aliphatic heterocycles. The van der Waals surface area contributed by atoms with Crippen molar-refractivity contribution in [3.05, 3.63) is 0 Å². The zero-order valence-corrected chi connectivity index (χ0v) is 5.22. The third kappa shape index (κ3) is 3.93. The van der Waals surface area contributed by atoms with Crippen LogP contribution in [0.1, 0.15) is 19.8 Å². The summed E-state index contributed by atoms with van der Waals surface area (Å²) in [6.45, 7) is 1.77. The van der Waals surface area contributed by atoms with Crippen molar-refractivity contribution in [2.24, 2.45) is 0 Å². The van der Waals surface area contributed by atoms with Crippen LogP contribution in [0.5, 0.6) is 0 Å². The van der Waals surface area contributed by atoms with Gasteiger partial charge in [-0.1, -0.05) is 6.92 Å². The molecule has 0 rings (SSSR count). The first-order valence-corrected chi connectivity index (χ1v) is 2.71. The first-order chi connectivity index (χ1) is 4.12. The third-order valence-electron chi connectivity index (χ3n) is 0.850. The van der Waals surface area contributed by atoms with Crippen molar-refractivity contribution in [2.45, 2.75) is 25.7 Å². The van der Waals surface area contributed by atoms with Crippen LogP contribution in [0.3, 0.4) is 0 Å². The highest BCUT2D eigenvalue weighted by Crippen LogP contribution is 2.01. The minimum absolute atomic E-state index is 0.113. The molecule has 0 spiro atoms. The summed E-state index contributed by atoms with van der Waals surface area (Å²) < 4.78 is 0. The van der Waals surface area contributed by atoms with E-state index in [-0.39, 0.29) is 6.42 Å². The number of carbonyl (C=O) groups excluding carboxylic acids is 1. The van der Waals surface area contributed by atoms with Gasteiger partial charge in [-0.05, 0) is 6.42 Å². The van der Waals surface area contributed by atoms with Gasteiger partial charge in [-0.2, -0.15) is 0 Å². The molecule has 0 aromatic heterocycles. The summed E-state index contributed by atoms with van der Waals surface area (Å²) in [7, 11) is 0. The number of rotatable bonds is 4. The van der Waals surface area contributed by atoms with E-state index in [0.29, 0.717) is 6.42 Å². The lowest BCUT2D eigenvalue weighted by Gasteiger charge is -2.17. The van der Waals surface area contributed by atoms with Crippen molar-refractivity contribution in [3.63, 3.8) is 0 Å². The standard InChI is InChI=1S/C5H10NO3/c1-2-3-5(8,9)6-4-7/h8-9H,2-3H2,1H3,(H,6,7). The predicted molar refractivity (Wildman–Crippen MR) is 30.9 cm³/mol. The molecule has 53 valence electrons. The fourth-order valence-corrected chi connectivity index (χ4v) is 0.493. The van der Waals surface area contributed by atoms with Gasteiger partial charge in [-0.15, -0.1) is 0 Å². The van der Waals surface area contributed by atoms with Gasteiger partial charge in [0.15, 0.2) is 0 Å². The van der Waals surface area contributed by atoms with Crippen molar-refractivity contribution in [2.75, 3.05) is 0 Å². The minimum atomic E-state index is -2.07. The Morgan fingerprint density at radius 1 is 1.67 bits per heavy atom. The normalized spacial score (nSPS) is 11.0. The van der Waals surface area contributed by atoms with Gasteiger partial charge in [0, 0.05) is 6.42 Å². The number of hydrogen-bond donors (Lipinski definition) is 3. The average molecular weight is 132 g/mol. The summed E-state index contributed by atoms with van der Waals surface area (Å²) in [5, 5.41) is 19.1. The van der Waals surface area contributed by atoms with E-state index in [1.807, 2.05) is 0 Å². The Kier molecular flexibility index (Phi) is 3.19. The first kappa shape index (κ1) is 8.39. The molecule has 4 heteroatoms. The lowest BCUT2D eigenvalue weighted by molar-refractivity contribution is -0.177. The van der Waals surface area contributed by atoms with Gasteiger partial charge in [0.1, 0.15) is 0 Å². The highest BCUT2D eigenvalue weighted by molar-refractivity contribution is 5.47. The van der Waals surface area contributed by atoms with Crippen LogP contribution in [-0.4, -0.2) is 22.5 Å². The maximum Gasteiger partial charge on any atom is 0.313 e. The Morgan fingerprint density at radius 2 is 2.22 bits per heavy atom. The summed E-state index contributed by atoms with van der Waals surface area (Å²) in [5.74, 6) is -2.07. The van der Waals surface area contributed by atoms with Crippen LogP contribution >= 0.6 is 0 Å². The van der Waals surface area contributed by atoms with E-state index in [1.165, 1.54) is 6.41 Å². The molecule has 0 atom stereocenters. The molecular weight excluding hydrogens is 122 g/mol. The minimum Gasteiger partial charge on any atom is -0.349 e. The number of nitrogens with one attached hydrogen (secondary N) is 1. The summed E-state index contributed by atoms with van der Waals surface area (Å²) in [4.78, 5) is 9.54. The van der Waals surface area contributed by atoms with E-state index in [1.54, 1.807) is 12.2 Å². The summed E-state index contributed by atoms with van der Waals surface area (Å²) in [6, 6.07) is 0. The molecule has 4 nitrogen and oxygen atoms in total. The molecule has 0 saturated carbocycles. The lowest BCUT2D eigenvalue weighted by Crippen LogP contribution is -2.43. The second-order valence-electron chi connectivity index (χ2n) is 1.79. The van der Waals surface area contributed by atoms with Crippen molar-refractivity contribution in [1.82, 2.24) is 5.32 Å². The summed E-state index contributed by atoms with van der Waals surface area (Å²) in [5.41, 5.74) is 0. The van der Waals surface area contributed by atoms with Crippen LogP contribution in [0.2, 0.25) is 0 Å². The van der Waals surface area contributed by atoms with Gasteiger partial charge < -0.3 is 10.2 Å². The van der Waals surface area contributed by atoms with Crippen LogP contribution in [-0.2, 0) is 4.79 Å². The maximum absolute atomic E-state index is 9.54. The Balaban J connectivity index is 3.55. The van der Waals surface area contributed by atoms with Crippen LogP contribution < -0.4 is 5.32 Å². The highest BCUT2D eigenvalue weighted by atomic mass is 16.5. The van der Waals surface area contributed by atoms with Crippen LogP contribution in [0.4, 0.5) is 0 Å². The van der Waals surface area contributed by atoms with Gasteiger partial charge >= 0.3 is 6.41 Å². The zero-order chi connectivity index (χ0) is 7.33.